The standard InChI is InChI=1S/C15H25NO/c1-12-7-8-13(15(2,3)4)11-14(12)16(5)9-6-10-17/h7-8,11,17H,6,9-10H2,1-5H3. The van der Waals surface area contributed by atoms with Crippen molar-refractivity contribution in [3.05, 3.63) is 29.3 Å². The van der Waals surface area contributed by atoms with Crippen LogP contribution in [-0.4, -0.2) is 25.3 Å². The van der Waals surface area contributed by atoms with Crippen LogP contribution < -0.4 is 4.90 Å². The lowest BCUT2D eigenvalue weighted by molar-refractivity contribution is 0.290. The van der Waals surface area contributed by atoms with E-state index in [4.69, 9.17) is 5.11 Å². The molecule has 96 valence electrons. The van der Waals surface area contributed by atoms with Gasteiger partial charge < -0.3 is 10.0 Å². The van der Waals surface area contributed by atoms with Gasteiger partial charge >= 0.3 is 0 Å². The van der Waals surface area contributed by atoms with Gasteiger partial charge in [0.1, 0.15) is 0 Å². The Kier molecular flexibility index (Phi) is 4.58. The molecule has 0 aliphatic rings. The first-order chi connectivity index (χ1) is 7.86. The van der Waals surface area contributed by atoms with Crippen LogP contribution in [0.2, 0.25) is 0 Å². The van der Waals surface area contributed by atoms with E-state index in [1.807, 2.05) is 0 Å². The minimum absolute atomic E-state index is 0.181. The van der Waals surface area contributed by atoms with Gasteiger partial charge in [-0.25, -0.2) is 0 Å². The van der Waals surface area contributed by atoms with Crippen LogP contribution in [0.1, 0.15) is 38.3 Å². The molecule has 17 heavy (non-hydrogen) atoms. The van der Waals surface area contributed by atoms with Gasteiger partial charge in [0, 0.05) is 25.9 Å². The van der Waals surface area contributed by atoms with E-state index in [0.717, 1.165) is 13.0 Å². The van der Waals surface area contributed by atoms with Crippen LogP contribution >= 0.6 is 0 Å². The maximum absolute atomic E-state index is 8.89. The fourth-order valence-electron chi connectivity index (χ4n) is 1.92. The number of aliphatic hydroxyl groups excluding tert-OH is 1. The summed E-state index contributed by atoms with van der Waals surface area (Å²) in [7, 11) is 2.09. The number of aryl methyl sites for hydroxylation is 1. The van der Waals surface area contributed by atoms with Crippen molar-refractivity contribution in [1.29, 1.82) is 0 Å². The maximum Gasteiger partial charge on any atom is 0.0447 e. The van der Waals surface area contributed by atoms with E-state index in [9.17, 15) is 0 Å². The van der Waals surface area contributed by atoms with Gasteiger partial charge in [0.25, 0.3) is 0 Å². The Hall–Kier alpha value is -1.02. The number of nitrogens with zero attached hydrogens (tertiary/aromatic N) is 1. The van der Waals surface area contributed by atoms with Crippen LogP contribution in [0.5, 0.6) is 0 Å². The summed E-state index contributed by atoms with van der Waals surface area (Å²) in [5, 5.41) is 8.89. The van der Waals surface area contributed by atoms with Gasteiger partial charge in [-0.15, -0.1) is 0 Å². The highest BCUT2D eigenvalue weighted by atomic mass is 16.3. The summed E-state index contributed by atoms with van der Waals surface area (Å²) in [6, 6.07) is 6.66. The van der Waals surface area contributed by atoms with Crippen LogP contribution in [0.4, 0.5) is 5.69 Å². The van der Waals surface area contributed by atoms with Crippen LogP contribution in [-0.2, 0) is 5.41 Å². The molecule has 0 spiro atoms. The summed E-state index contributed by atoms with van der Waals surface area (Å²) in [5.41, 5.74) is 4.10. The van der Waals surface area contributed by atoms with Crippen molar-refractivity contribution in [2.24, 2.45) is 0 Å². The highest BCUT2D eigenvalue weighted by molar-refractivity contribution is 5.55. The highest BCUT2D eigenvalue weighted by Gasteiger charge is 2.15. The summed E-state index contributed by atoms with van der Waals surface area (Å²) in [6.07, 6.45) is 0.815. The van der Waals surface area contributed by atoms with Crippen LogP contribution in [0.15, 0.2) is 18.2 Å². The van der Waals surface area contributed by atoms with Gasteiger partial charge in [-0.3, -0.25) is 0 Å². The topological polar surface area (TPSA) is 23.5 Å². The van der Waals surface area contributed by atoms with Crippen molar-refractivity contribution < 1.29 is 5.11 Å². The molecule has 0 aliphatic heterocycles. The third kappa shape index (κ3) is 3.74. The molecule has 0 heterocycles. The molecule has 0 saturated carbocycles. The van der Waals surface area contributed by atoms with E-state index < -0.39 is 0 Å². The third-order valence-electron chi connectivity index (χ3n) is 3.14. The van der Waals surface area contributed by atoms with Gasteiger partial charge in [-0.2, -0.15) is 0 Å². The zero-order chi connectivity index (χ0) is 13.1. The number of hydrogen-bond acceptors (Lipinski definition) is 2. The summed E-state index contributed by atoms with van der Waals surface area (Å²) < 4.78 is 0. The van der Waals surface area contributed by atoms with E-state index in [1.54, 1.807) is 0 Å². The Morgan fingerprint density at radius 2 is 1.88 bits per heavy atom. The first-order valence-electron chi connectivity index (χ1n) is 6.29. The first-order valence-corrected chi connectivity index (χ1v) is 6.29. The fourth-order valence-corrected chi connectivity index (χ4v) is 1.92. The predicted octanol–water partition coefficient (Wildman–Crippen LogP) is 3.11. The molecule has 0 saturated heterocycles. The van der Waals surface area contributed by atoms with E-state index in [0.29, 0.717) is 0 Å². The smallest absolute Gasteiger partial charge is 0.0447 e. The largest absolute Gasteiger partial charge is 0.396 e. The molecule has 0 atom stereocenters. The Balaban J connectivity index is 2.98. The van der Waals surface area contributed by atoms with Crippen molar-refractivity contribution in [1.82, 2.24) is 0 Å². The monoisotopic (exact) mass is 235 g/mol. The number of hydrogen-bond donors (Lipinski definition) is 1. The van der Waals surface area contributed by atoms with Crippen molar-refractivity contribution in [2.45, 2.75) is 39.5 Å². The Bertz CT molecular complexity index is 366. The van der Waals surface area contributed by atoms with E-state index >= 15 is 0 Å². The average molecular weight is 235 g/mol. The number of benzene rings is 1. The molecular weight excluding hydrogens is 210 g/mol. The Labute approximate surface area is 105 Å². The lowest BCUT2D eigenvalue weighted by Crippen LogP contribution is -2.21. The van der Waals surface area contributed by atoms with Crippen LogP contribution in [0.3, 0.4) is 0 Å². The number of anilines is 1. The van der Waals surface area contributed by atoms with Gasteiger partial charge in [-0.1, -0.05) is 32.9 Å². The zero-order valence-electron chi connectivity index (χ0n) is 11.7. The Morgan fingerprint density at radius 3 is 2.41 bits per heavy atom. The molecule has 1 aromatic rings. The predicted molar refractivity (Wildman–Crippen MR) is 74.9 cm³/mol. The second-order valence-electron chi connectivity index (χ2n) is 5.75. The first kappa shape index (κ1) is 14.0. The van der Waals surface area contributed by atoms with E-state index in [2.05, 4.69) is 57.8 Å². The molecule has 0 amide bonds. The normalized spacial score (nSPS) is 11.6. The van der Waals surface area contributed by atoms with E-state index in [-0.39, 0.29) is 12.0 Å². The SMILES string of the molecule is Cc1ccc(C(C)(C)C)cc1N(C)CCCO. The van der Waals surface area contributed by atoms with Gasteiger partial charge in [0.15, 0.2) is 0 Å². The molecule has 1 aromatic carbocycles. The van der Waals surface area contributed by atoms with Gasteiger partial charge in [-0.05, 0) is 36.0 Å². The molecular formula is C15H25NO. The molecule has 0 radical (unpaired) electrons. The molecule has 2 heteroatoms. The van der Waals surface area contributed by atoms with Crippen LogP contribution in [0, 0.1) is 6.92 Å². The molecule has 0 fully saturated rings. The summed E-state index contributed by atoms with van der Waals surface area (Å²) >= 11 is 0. The number of rotatable bonds is 4. The molecule has 2 nitrogen and oxygen atoms in total. The molecule has 0 aromatic heterocycles. The molecule has 0 bridgehead atoms. The summed E-state index contributed by atoms with van der Waals surface area (Å²) in [4.78, 5) is 2.22. The van der Waals surface area contributed by atoms with E-state index in [1.165, 1.54) is 16.8 Å². The van der Waals surface area contributed by atoms with Crippen molar-refractivity contribution in [3.8, 4) is 0 Å². The summed E-state index contributed by atoms with van der Waals surface area (Å²) in [6.45, 7) is 9.98. The minimum Gasteiger partial charge on any atom is -0.396 e. The minimum atomic E-state index is 0.181. The second-order valence-corrected chi connectivity index (χ2v) is 5.75. The van der Waals surface area contributed by atoms with Crippen molar-refractivity contribution >= 4 is 5.69 Å². The number of aliphatic hydroxyl groups is 1. The fraction of sp³-hybridized carbons (Fsp3) is 0.600. The molecule has 1 rings (SSSR count). The van der Waals surface area contributed by atoms with Crippen LogP contribution in [0.25, 0.3) is 0 Å². The Morgan fingerprint density at radius 1 is 1.24 bits per heavy atom. The van der Waals surface area contributed by atoms with Gasteiger partial charge in [0.2, 0.25) is 0 Å². The zero-order valence-corrected chi connectivity index (χ0v) is 11.7. The van der Waals surface area contributed by atoms with Gasteiger partial charge in [0.05, 0.1) is 0 Å². The molecule has 0 unspecified atom stereocenters. The average Bonchev–Trinajstić information content (AvgIpc) is 2.24. The lowest BCUT2D eigenvalue weighted by atomic mass is 9.86. The molecule has 0 aliphatic carbocycles. The van der Waals surface area contributed by atoms with Crippen molar-refractivity contribution in [3.63, 3.8) is 0 Å². The maximum atomic E-state index is 8.89. The second kappa shape index (κ2) is 5.54. The summed E-state index contributed by atoms with van der Waals surface area (Å²) in [5.74, 6) is 0. The van der Waals surface area contributed by atoms with Crippen molar-refractivity contribution in [2.75, 3.05) is 25.1 Å². The quantitative estimate of drug-likeness (QED) is 0.867. The molecule has 1 N–H and O–H groups in total. The third-order valence-corrected chi connectivity index (χ3v) is 3.14. The highest BCUT2D eigenvalue weighted by Crippen LogP contribution is 2.28. The lowest BCUT2D eigenvalue weighted by Gasteiger charge is -2.25.